The van der Waals surface area contributed by atoms with Crippen LogP contribution < -0.4 is 11.1 Å². The third-order valence-electron chi connectivity index (χ3n) is 2.47. The molecular formula is C9H20N2. The average molecular weight is 156 g/mol. The minimum Gasteiger partial charge on any atom is -0.330 e. The number of hydrogen-bond donors (Lipinski definition) is 2. The van der Waals surface area contributed by atoms with Crippen molar-refractivity contribution in [3.8, 4) is 0 Å². The quantitative estimate of drug-likeness (QED) is 0.642. The molecule has 1 saturated heterocycles. The van der Waals surface area contributed by atoms with E-state index >= 15 is 0 Å². The van der Waals surface area contributed by atoms with Crippen molar-refractivity contribution in [2.45, 2.75) is 32.1 Å². The Kier molecular flexibility index (Phi) is 4.55. The standard InChI is InChI=1S/C9H20N2/c10-6-3-5-9-4-1-2-7-11-8-9/h9,11H,1-8,10H2/t9-/m1/s1. The van der Waals surface area contributed by atoms with Crippen LogP contribution in [0, 0.1) is 5.92 Å². The van der Waals surface area contributed by atoms with Crippen LogP contribution in [0.3, 0.4) is 0 Å². The topological polar surface area (TPSA) is 38.0 Å². The van der Waals surface area contributed by atoms with Crippen molar-refractivity contribution >= 4 is 0 Å². The monoisotopic (exact) mass is 156 g/mol. The summed E-state index contributed by atoms with van der Waals surface area (Å²) in [6.45, 7) is 3.30. The van der Waals surface area contributed by atoms with Crippen molar-refractivity contribution in [3.63, 3.8) is 0 Å². The van der Waals surface area contributed by atoms with Crippen LogP contribution in [-0.2, 0) is 0 Å². The molecule has 0 spiro atoms. The lowest BCUT2D eigenvalue weighted by Crippen LogP contribution is -2.21. The highest BCUT2D eigenvalue weighted by Crippen LogP contribution is 2.15. The van der Waals surface area contributed by atoms with E-state index in [0.717, 1.165) is 12.5 Å². The Balaban J connectivity index is 2.09. The van der Waals surface area contributed by atoms with Gasteiger partial charge in [-0.05, 0) is 51.2 Å². The van der Waals surface area contributed by atoms with E-state index < -0.39 is 0 Å². The molecule has 0 saturated carbocycles. The van der Waals surface area contributed by atoms with Gasteiger partial charge in [0.1, 0.15) is 0 Å². The molecule has 0 amide bonds. The van der Waals surface area contributed by atoms with Crippen LogP contribution in [0.5, 0.6) is 0 Å². The van der Waals surface area contributed by atoms with Crippen molar-refractivity contribution in [2.75, 3.05) is 19.6 Å². The fraction of sp³-hybridized carbons (Fsp3) is 1.00. The van der Waals surface area contributed by atoms with Gasteiger partial charge in [-0.3, -0.25) is 0 Å². The van der Waals surface area contributed by atoms with E-state index in [0.29, 0.717) is 0 Å². The van der Waals surface area contributed by atoms with E-state index in [1.54, 1.807) is 0 Å². The Labute approximate surface area is 69.5 Å². The SMILES string of the molecule is NCCC[C@H]1CCCCNC1. The molecule has 0 unspecified atom stereocenters. The molecule has 0 aromatic heterocycles. The second-order valence-corrected chi connectivity index (χ2v) is 3.50. The van der Waals surface area contributed by atoms with E-state index in [2.05, 4.69) is 5.32 Å². The fourth-order valence-corrected chi connectivity index (χ4v) is 1.74. The van der Waals surface area contributed by atoms with Gasteiger partial charge in [0.05, 0.1) is 0 Å². The lowest BCUT2D eigenvalue weighted by molar-refractivity contribution is 0.436. The fourth-order valence-electron chi connectivity index (χ4n) is 1.74. The van der Waals surface area contributed by atoms with E-state index in [1.165, 1.54) is 45.2 Å². The van der Waals surface area contributed by atoms with Crippen molar-refractivity contribution in [2.24, 2.45) is 11.7 Å². The molecule has 0 radical (unpaired) electrons. The van der Waals surface area contributed by atoms with Crippen LogP contribution in [0.15, 0.2) is 0 Å². The minimum absolute atomic E-state index is 0.858. The molecule has 2 heteroatoms. The summed E-state index contributed by atoms with van der Waals surface area (Å²) >= 11 is 0. The largest absolute Gasteiger partial charge is 0.330 e. The van der Waals surface area contributed by atoms with Crippen LogP contribution in [-0.4, -0.2) is 19.6 Å². The summed E-state index contributed by atoms with van der Waals surface area (Å²) in [5.74, 6) is 0.904. The Hall–Kier alpha value is -0.0800. The summed E-state index contributed by atoms with van der Waals surface area (Å²) in [6, 6.07) is 0. The van der Waals surface area contributed by atoms with Crippen LogP contribution in [0.4, 0.5) is 0 Å². The summed E-state index contributed by atoms with van der Waals surface area (Å²) in [7, 11) is 0. The highest BCUT2D eigenvalue weighted by atomic mass is 14.9. The van der Waals surface area contributed by atoms with Crippen molar-refractivity contribution in [3.05, 3.63) is 0 Å². The smallest absolute Gasteiger partial charge is 0.00205 e. The molecule has 66 valence electrons. The van der Waals surface area contributed by atoms with E-state index in [9.17, 15) is 0 Å². The molecule has 3 N–H and O–H groups in total. The number of nitrogens with two attached hydrogens (primary N) is 1. The van der Waals surface area contributed by atoms with E-state index in [-0.39, 0.29) is 0 Å². The zero-order valence-electron chi connectivity index (χ0n) is 7.31. The van der Waals surface area contributed by atoms with Gasteiger partial charge in [-0.15, -0.1) is 0 Å². The van der Waals surface area contributed by atoms with Crippen LogP contribution in [0.2, 0.25) is 0 Å². The number of hydrogen-bond acceptors (Lipinski definition) is 2. The van der Waals surface area contributed by atoms with Crippen molar-refractivity contribution in [1.29, 1.82) is 0 Å². The normalized spacial score (nSPS) is 26.5. The molecule has 1 aliphatic heterocycles. The Bertz CT molecular complexity index is 85.6. The first-order valence-electron chi connectivity index (χ1n) is 4.84. The highest BCUT2D eigenvalue weighted by Gasteiger charge is 2.10. The second kappa shape index (κ2) is 5.56. The van der Waals surface area contributed by atoms with Gasteiger partial charge >= 0.3 is 0 Å². The molecule has 1 rings (SSSR count). The molecular weight excluding hydrogens is 136 g/mol. The Morgan fingerprint density at radius 2 is 2.27 bits per heavy atom. The van der Waals surface area contributed by atoms with Crippen LogP contribution >= 0.6 is 0 Å². The van der Waals surface area contributed by atoms with Gasteiger partial charge in [0, 0.05) is 0 Å². The van der Waals surface area contributed by atoms with Crippen LogP contribution in [0.1, 0.15) is 32.1 Å². The maximum atomic E-state index is 5.46. The predicted molar refractivity (Wildman–Crippen MR) is 48.5 cm³/mol. The molecule has 0 aromatic rings. The lowest BCUT2D eigenvalue weighted by Gasteiger charge is -2.12. The molecule has 1 fully saturated rings. The van der Waals surface area contributed by atoms with Gasteiger partial charge in [0.15, 0.2) is 0 Å². The second-order valence-electron chi connectivity index (χ2n) is 3.50. The van der Waals surface area contributed by atoms with Gasteiger partial charge in [0.2, 0.25) is 0 Å². The molecule has 1 aliphatic rings. The first-order valence-corrected chi connectivity index (χ1v) is 4.84. The maximum Gasteiger partial charge on any atom is -0.00205 e. The maximum absolute atomic E-state index is 5.46. The minimum atomic E-state index is 0.858. The van der Waals surface area contributed by atoms with E-state index in [4.69, 9.17) is 5.73 Å². The van der Waals surface area contributed by atoms with Crippen LogP contribution in [0.25, 0.3) is 0 Å². The summed E-state index contributed by atoms with van der Waals surface area (Å²) in [4.78, 5) is 0. The molecule has 0 aliphatic carbocycles. The Morgan fingerprint density at radius 3 is 3.09 bits per heavy atom. The molecule has 0 aromatic carbocycles. The highest BCUT2D eigenvalue weighted by molar-refractivity contribution is 4.67. The van der Waals surface area contributed by atoms with Gasteiger partial charge in [-0.25, -0.2) is 0 Å². The first kappa shape index (κ1) is 9.01. The van der Waals surface area contributed by atoms with Crippen molar-refractivity contribution < 1.29 is 0 Å². The first-order chi connectivity index (χ1) is 5.43. The zero-order chi connectivity index (χ0) is 7.94. The third kappa shape index (κ3) is 3.73. The molecule has 1 heterocycles. The summed E-state index contributed by atoms with van der Waals surface area (Å²) < 4.78 is 0. The summed E-state index contributed by atoms with van der Waals surface area (Å²) in [5.41, 5.74) is 5.46. The molecule has 1 atom stereocenters. The van der Waals surface area contributed by atoms with E-state index in [1.807, 2.05) is 0 Å². The predicted octanol–water partition coefficient (Wildman–Crippen LogP) is 1.11. The number of nitrogens with one attached hydrogen (secondary N) is 1. The Morgan fingerprint density at radius 1 is 1.36 bits per heavy atom. The third-order valence-corrected chi connectivity index (χ3v) is 2.47. The average Bonchev–Trinajstić information content (AvgIpc) is 2.28. The van der Waals surface area contributed by atoms with Gasteiger partial charge in [0.25, 0.3) is 0 Å². The molecule has 2 nitrogen and oxygen atoms in total. The van der Waals surface area contributed by atoms with Gasteiger partial charge in [-0.1, -0.05) is 6.42 Å². The zero-order valence-corrected chi connectivity index (χ0v) is 7.31. The summed E-state index contributed by atoms with van der Waals surface area (Å²) in [6.07, 6.45) is 6.70. The van der Waals surface area contributed by atoms with Gasteiger partial charge in [-0.2, -0.15) is 0 Å². The summed E-state index contributed by atoms with van der Waals surface area (Å²) in [5, 5.41) is 3.47. The lowest BCUT2D eigenvalue weighted by atomic mass is 9.98. The van der Waals surface area contributed by atoms with Crippen molar-refractivity contribution in [1.82, 2.24) is 5.32 Å². The molecule has 11 heavy (non-hydrogen) atoms. The molecule has 0 bridgehead atoms. The van der Waals surface area contributed by atoms with Gasteiger partial charge < -0.3 is 11.1 Å². The number of rotatable bonds is 3.